The van der Waals surface area contributed by atoms with E-state index in [9.17, 15) is 14.4 Å². The van der Waals surface area contributed by atoms with Crippen molar-refractivity contribution in [3.8, 4) is 5.75 Å². The zero-order valence-electron chi connectivity index (χ0n) is 15.6. The number of nitrogens with one attached hydrogen (secondary N) is 1. The Labute approximate surface area is 164 Å². The van der Waals surface area contributed by atoms with Gasteiger partial charge in [-0.2, -0.15) is 0 Å². The number of esters is 1. The quantitative estimate of drug-likeness (QED) is 0.542. The summed E-state index contributed by atoms with van der Waals surface area (Å²) in [6.45, 7) is 2.98. The number of hydrogen-bond donors (Lipinski definition) is 1. The fraction of sp³-hybridized carbons (Fsp3) is 0.300. The summed E-state index contributed by atoms with van der Waals surface area (Å²) in [5.74, 6) is -0.267. The molecule has 0 atom stereocenters. The number of carbonyl (C=O) groups is 2. The standard InChI is InChI=1S/C20H19N3O4S/c1-11-21-19-17(15-8-3-4-9-16(15)28-19)20(26)23(11)22-18(25)13-6-5-7-14(10-13)27-12(2)24/h5-7,10H,3-4,8-9H2,1-2H3,(H,22,25). The second-order valence-electron chi connectivity index (χ2n) is 6.75. The van der Waals surface area contributed by atoms with Gasteiger partial charge in [0.25, 0.3) is 11.5 Å². The van der Waals surface area contributed by atoms with Crippen LogP contribution in [-0.4, -0.2) is 21.5 Å². The van der Waals surface area contributed by atoms with Crippen LogP contribution in [0.3, 0.4) is 0 Å². The van der Waals surface area contributed by atoms with Crippen LogP contribution < -0.4 is 15.7 Å². The third kappa shape index (κ3) is 3.31. The lowest BCUT2D eigenvalue weighted by Crippen LogP contribution is -2.35. The molecule has 0 radical (unpaired) electrons. The SMILES string of the molecule is CC(=O)Oc1cccc(C(=O)Nn2c(C)nc3sc4c(c3c2=O)CCCC4)c1. The first-order valence-corrected chi connectivity index (χ1v) is 9.89. The van der Waals surface area contributed by atoms with E-state index < -0.39 is 11.9 Å². The first kappa shape index (κ1) is 18.4. The number of benzene rings is 1. The van der Waals surface area contributed by atoms with Crippen molar-refractivity contribution in [1.29, 1.82) is 0 Å². The number of thiophene rings is 1. The Balaban J connectivity index is 1.71. The highest BCUT2D eigenvalue weighted by atomic mass is 32.1. The van der Waals surface area contributed by atoms with E-state index in [0.29, 0.717) is 11.2 Å². The Hall–Kier alpha value is -3.00. The van der Waals surface area contributed by atoms with Gasteiger partial charge in [0.05, 0.1) is 5.39 Å². The third-order valence-corrected chi connectivity index (χ3v) is 5.91. The van der Waals surface area contributed by atoms with Gasteiger partial charge in [-0.15, -0.1) is 11.3 Å². The van der Waals surface area contributed by atoms with Crippen LogP contribution in [0.2, 0.25) is 0 Å². The third-order valence-electron chi connectivity index (χ3n) is 4.73. The molecule has 1 N–H and O–H groups in total. The Kier molecular flexibility index (Phi) is 4.72. The molecule has 0 unspecified atom stereocenters. The van der Waals surface area contributed by atoms with Gasteiger partial charge in [-0.05, 0) is 56.4 Å². The van der Waals surface area contributed by atoms with Gasteiger partial charge in [-0.3, -0.25) is 19.8 Å². The Bertz CT molecular complexity index is 1160. The number of fused-ring (bicyclic) bond motifs is 3. The Morgan fingerprint density at radius 1 is 1.25 bits per heavy atom. The summed E-state index contributed by atoms with van der Waals surface area (Å²) in [5.41, 5.74) is 3.72. The van der Waals surface area contributed by atoms with E-state index in [0.717, 1.165) is 36.1 Å². The van der Waals surface area contributed by atoms with Gasteiger partial charge in [-0.25, -0.2) is 9.66 Å². The maximum atomic E-state index is 13.1. The second-order valence-corrected chi connectivity index (χ2v) is 7.84. The van der Waals surface area contributed by atoms with Crippen LogP contribution in [0.5, 0.6) is 5.75 Å². The molecule has 2 aromatic heterocycles. The summed E-state index contributed by atoms with van der Waals surface area (Å²) < 4.78 is 6.21. The molecular formula is C20H19N3O4S. The zero-order valence-corrected chi connectivity index (χ0v) is 16.4. The molecule has 0 saturated carbocycles. The molecule has 3 aromatic rings. The second kappa shape index (κ2) is 7.20. The summed E-state index contributed by atoms with van der Waals surface area (Å²) in [7, 11) is 0. The van der Waals surface area contributed by atoms with Gasteiger partial charge in [-0.1, -0.05) is 6.07 Å². The summed E-state index contributed by atoms with van der Waals surface area (Å²) in [5, 5.41) is 0.610. The minimum atomic E-state index is -0.482. The minimum Gasteiger partial charge on any atom is -0.427 e. The molecule has 144 valence electrons. The molecule has 28 heavy (non-hydrogen) atoms. The van der Waals surface area contributed by atoms with E-state index in [-0.39, 0.29) is 16.9 Å². The predicted molar refractivity (Wildman–Crippen MR) is 107 cm³/mol. The van der Waals surface area contributed by atoms with Crippen molar-refractivity contribution >= 4 is 33.4 Å². The van der Waals surface area contributed by atoms with Gasteiger partial charge < -0.3 is 4.74 Å². The number of hydrogen-bond acceptors (Lipinski definition) is 6. The highest BCUT2D eigenvalue weighted by Gasteiger charge is 2.22. The Morgan fingerprint density at radius 3 is 2.82 bits per heavy atom. The van der Waals surface area contributed by atoms with Crippen molar-refractivity contribution in [3.63, 3.8) is 0 Å². The van der Waals surface area contributed by atoms with Gasteiger partial charge in [0.2, 0.25) is 0 Å². The van der Waals surface area contributed by atoms with E-state index in [1.165, 1.54) is 22.5 Å². The number of rotatable bonds is 3. The minimum absolute atomic E-state index is 0.258. The summed E-state index contributed by atoms with van der Waals surface area (Å²) >= 11 is 1.57. The van der Waals surface area contributed by atoms with Crippen LogP contribution in [0.1, 0.15) is 46.4 Å². The lowest BCUT2D eigenvalue weighted by molar-refractivity contribution is -0.131. The molecule has 8 heteroatoms. The van der Waals surface area contributed by atoms with Crippen molar-refractivity contribution in [2.45, 2.75) is 39.5 Å². The number of aryl methyl sites for hydroxylation is 3. The molecular weight excluding hydrogens is 378 g/mol. The van der Waals surface area contributed by atoms with Crippen molar-refractivity contribution in [1.82, 2.24) is 9.66 Å². The first-order valence-electron chi connectivity index (χ1n) is 9.08. The van der Waals surface area contributed by atoms with Gasteiger partial charge in [0.1, 0.15) is 16.4 Å². The topological polar surface area (TPSA) is 90.3 Å². The summed E-state index contributed by atoms with van der Waals surface area (Å²) in [6, 6.07) is 6.23. The van der Waals surface area contributed by atoms with Crippen LogP contribution >= 0.6 is 11.3 Å². The highest BCUT2D eigenvalue weighted by Crippen LogP contribution is 2.33. The first-order chi connectivity index (χ1) is 13.4. The number of ether oxygens (including phenoxy) is 1. The van der Waals surface area contributed by atoms with Crippen molar-refractivity contribution < 1.29 is 14.3 Å². The summed E-state index contributed by atoms with van der Waals surface area (Å²) in [4.78, 5) is 43.4. The summed E-state index contributed by atoms with van der Waals surface area (Å²) in [6.07, 6.45) is 4.03. The normalized spacial score (nSPS) is 13.2. The van der Waals surface area contributed by atoms with E-state index in [4.69, 9.17) is 4.74 Å². The van der Waals surface area contributed by atoms with Crippen molar-refractivity contribution in [2.24, 2.45) is 0 Å². The molecule has 0 aliphatic heterocycles. The number of amides is 1. The molecule has 2 heterocycles. The van der Waals surface area contributed by atoms with Gasteiger partial charge >= 0.3 is 5.97 Å². The molecule has 0 spiro atoms. The fourth-order valence-electron chi connectivity index (χ4n) is 3.47. The highest BCUT2D eigenvalue weighted by molar-refractivity contribution is 7.18. The molecule has 4 rings (SSSR count). The smallest absolute Gasteiger partial charge is 0.308 e. The maximum Gasteiger partial charge on any atom is 0.308 e. The Morgan fingerprint density at radius 2 is 2.04 bits per heavy atom. The number of carbonyl (C=O) groups excluding carboxylic acids is 2. The van der Waals surface area contributed by atoms with Crippen LogP contribution in [0, 0.1) is 6.92 Å². The van der Waals surface area contributed by atoms with Gasteiger partial charge in [0, 0.05) is 17.4 Å². The maximum absolute atomic E-state index is 13.1. The predicted octanol–water partition coefficient (Wildman–Crippen LogP) is 2.95. The lowest BCUT2D eigenvalue weighted by atomic mass is 9.97. The molecule has 0 fully saturated rings. The zero-order chi connectivity index (χ0) is 19.8. The largest absolute Gasteiger partial charge is 0.427 e. The molecule has 1 amide bonds. The average Bonchev–Trinajstić information content (AvgIpc) is 3.02. The molecule has 1 aromatic carbocycles. The molecule has 0 bridgehead atoms. The number of nitrogens with zero attached hydrogens (tertiary/aromatic N) is 2. The molecule has 0 saturated heterocycles. The average molecular weight is 397 g/mol. The number of aromatic nitrogens is 2. The van der Waals surface area contributed by atoms with Crippen LogP contribution in [-0.2, 0) is 17.6 Å². The van der Waals surface area contributed by atoms with Crippen molar-refractivity contribution in [2.75, 3.05) is 5.43 Å². The molecule has 1 aliphatic carbocycles. The molecule has 7 nitrogen and oxygen atoms in total. The van der Waals surface area contributed by atoms with Gasteiger partial charge in [0.15, 0.2) is 0 Å². The van der Waals surface area contributed by atoms with Crippen LogP contribution in [0.15, 0.2) is 29.1 Å². The van der Waals surface area contributed by atoms with E-state index in [1.807, 2.05) is 0 Å². The van der Waals surface area contributed by atoms with Crippen LogP contribution in [0.25, 0.3) is 10.2 Å². The lowest BCUT2D eigenvalue weighted by Gasteiger charge is -2.13. The fourth-order valence-corrected chi connectivity index (χ4v) is 4.77. The monoisotopic (exact) mass is 397 g/mol. The molecule has 1 aliphatic rings. The van der Waals surface area contributed by atoms with E-state index >= 15 is 0 Å². The van der Waals surface area contributed by atoms with Crippen molar-refractivity contribution in [3.05, 3.63) is 56.4 Å². The van der Waals surface area contributed by atoms with Crippen LogP contribution in [0.4, 0.5) is 0 Å². The van der Waals surface area contributed by atoms with E-state index in [1.54, 1.807) is 36.5 Å². The van der Waals surface area contributed by atoms with E-state index in [2.05, 4.69) is 10.4 Å².